The number of rotatable bonds is 5. The van der Waals surface area contributed by atoms with Gasteiger partial charge < -0.3 is 11.1 Å². The molecule has 0 aliphatic carbocycles. The molecule has 0 spiro atoms. The molecule has 2 unspecified atom stereocenters. The topological polar surface area (TPSA) is 72.2 Å². The van der Waals surface area contributed by atoms with Crippen molar-refractivity contribution >= 4 is 28.1 Å². The molecule has 0 aromatic heterocycles. The van der Waals surface area contributed by atoms with Crippen LogP contribution < -0.4 is 11.1 Å². The van der Waals surface area contributed by atoms with E-state index < -0.39 is 10.8 Å². The van der Waals surface area contributed by atoms with Crippen LogP contribution in [0.25, 0.3) is 0 Å². The van der Waals surface area contributed by atoms with Gasteiger partial charge in [-0.1, -0.05) is 19.9 Å². The van der Waals surface area contributed by atoms with Gasteiger partial charge in [-0.15, -0.1) is 0 Å². The lowest BCUT2D eigenvalue weighted by atomic mass is 10.3. The molecule has 0 fully saturated rings. The fraction of sp³-hybridized carbons (Fsp3) is 0.417. The van der Waals surface area contributed by atoms with E-state index in [4.69, 9.17) is 5.73 Å². The van der Waals surface area contributed by atoms with Gasteiger partial charge in [0.05, 0.1) is 0 Å². The molecular formula is C12H18N2O2S. The van der Waals surface area contributed by atoms with E-state index in [1.807, 2.05) is 13.8 Å². The van der Waals surface area contributed by atoms with E-state index in [1.54, 1.807) is 24.3 Å². The first-order valence-electron chi connectivity index (χ1n) is 5.55. The van der Waals surface area contributed by atoms with E-state index >= 15 is 0 Å². The molecule has 0 heterocycles. The third-order valence-electron chi connectivity index (χ3n) is 2.47. The quantitative estimate of drug-likeness (QED) is 0.786. The van der Waals surface area contributed by atoms with Gasteiger partial charge in [-0.2, -0.15) is 0 Å². The van der Waals surface area contributed by atoms with Crippen molar-refractivity contribution < 1.29 is 9.00 Å². The van der Waals surface area contributed by atoms with E-state index in [0.29, 0.717) is 11.4 Å². The van der Waals surface area contributed by atoms with Crippen LogP contribution in [0.1, 0.15) is 20.3 Å². The van der Waals surface area contributed by atoms with Gasteiger partial charge in [0.25, 0.3) is 0 Å². The second kappa shape index (κ2) is 6.39. The van der Waals surface area contributed by atoms with Gasteiger partial charge in [0, 0.05) is 27.4 Å². The number of nitrogen functional groups attached to an aromatic ring is 1. The molecule has 3 N–H and O–H groups in total. The van der Waals surface area contributed by atoms with Crippen molar-refractivity contribution in [3.8, 4) is 0 Å². The van der Waals surface area contributed by atoms with Crippen molar-refractivity contribution in [2.45, 2.75) is 25.5 Å². The first kappa shape index (κ1) is 13.7. The zero-order chi connectivity index (χ0) is 12.8. The third-order valence-corrected chi connectivity index (χ3v) is 4.25. The molecule has 2 atom stereocenters. The molecule has 0 aliphatic rings. The van der Waals surface area contributed by atoms with Crippen LogP contribution in [0.3, 0.4) is 0 Å². The van der Waals surface area contributed by atoms with Crippen LogP contribution >= 0.6 is 0 Å². The molecule has 0 bridgehead atoms. The summed E-state index contributed by atoms with van der Waals surface area (Å²) in [7, 11) is -1.12. The van der Waals surface area contributed by atoms with Crippen LogP contribution in [0.4, 0.5) is 11.4 Å². The standard InChI is InChI=1S/C12H18N2O2S/c1-3-9(2)17(16)8-12(15)14-11-6-4-5-10(13)7-11/h4-7,9H,3,8,13H2,1-2H3,(H,14,15). The first-order chi connectivity index (χ1) is 8.02. The molecular weight excluding hydrogens is 236 g/mol. The van der Waals surface area contributed by atoms with Crippen LogP contribution in [0.2, 0.25) is 0 Å². The highest BCUT2D eigenvalue weighted by Gasteiger charge is 2.13. The Morgan fingerprint density at radius 1 is 1.53 bits per heavy atom. The second-order valence-corrected chi connectivity index (χ2v) is 5.77. The molecule has 1 rings (SSSR count). The summed E-state index contributed by atoms with van der Waals surface area (Å²) in [5.74, 6) is -0.210. The second-order valence-electron chi connectivity index (χ2n) is 3.92. The largest absolute Gasteiger partial charge is 0.399 e. The van der Waals surface area contributed by atoms with Crippen LogP contribution in [0.15, 0.2) is 24.3 Å². The van der Waals surface area contributed by atoms with E-state index in [1.165, 1.54) is 0 Å². The van der Waals surface area contributed by atoms with Crippen molar-refractivity contribution in [3.63, 3.8) is 0 Å². The Balaban J connectivity index is 2.53. The molecule has 94 valence electrons. The molecule has 5 heteroatoms. The summed E-state index contributed by atoms with van der Waals surface area (Å²) < 4.78 is 11.7. The van der Waals surface area contributed by atoms with Gasteiger partial charge in [-0.3, -0.25) is 9.00 Å². The SMILES string of the molecule is CCC(C)S(=O)CC(=O)Nc1cccc(N)c1. The molecule has 1 aromatic carbocycles. The van der Waals surface area contributed by atoms with Gasteiger partial charge in [0.15, 0.2) is 0 Å². The number of nitrogens with two attached hydrogens (primary N) is 1. The predicted molar refractivity (Wildman–Crippen MR) is 72.2 cm³/mol. The van der Waals surface area contributed by atoms with E-state index in [2.05, 4.69) is 5.32 Å². The summed E-state index contributed by atoms with van der Waals surface area (Å²) in [4.78, 5) is 11.6. The monoisotopic (exact) mass is 254 g/mol. The lowest BCUT2D eigenvalue weighted by Gasteiger charge is -2.09. The predicted octanol–water partition coefficient (Wildman–Crippen LogP) is 1.75. The number of anilines is 2. The molecule has 17 heavy (non-hydrogen) atoms. The van der Waals surface area contributed by atoms with Gasteiger partial charge >= 0.3 is 0 Å². The molecule has 1 aromatic rings. The summed E-state index contributed by atoms with van der Waals surface area (Å²) >= 11 is 0. The number of nitrogens with one attached hydrogen (secondary N) is 1. The normalized spacial score (nSPS) is 14.0. The highest BCUT2D eigenvalue weighted by atomic mass is 32.2. The van der Waals surface area contributed by atoms with Crippen LogP contribution in [0.5, 0.6) is 0 Å². The summed E-state index contributed by atoms with van der Waals surface area (Å²) in [5.41, 5.74) is 6.82. The minimum atomic E-state index is -1.12. The number of hydrogen-bond acceptors (Lipinski definition) is 3. The Bertz CT molecular complexity index is 421. The van der Waals surface area contributed by atoms with Crippen molar-refractivity contribution in [1.29, 1.82) is 0 Å². The Morgan fingerprint density at radius 3 is 2.82 bits per heavy atom. The lowest BCUT2D eigenvalue weighted by Crippen LogP contribution is -2.24. The number of carbonyl (C=O) groups excluding carboxylic acids is 1. The smallest absolute Gasteiger partial charge is 0.237 e. The zero-order valence-corrected chi connectivity index (χ0v) is 10.9. The van der Waals surface area contributed by atoms with E-state index in [-0.39, 0.29) is 16.9 Å². The van der Waals surface area contributed by atoms with Crippen LogP contribution in [0, 0.1) is 0 Å². The average molecular weight is 254 g/mol. The Hall–Kier alpha value is -1.36. The molecule has 1 amide bonds. The highest BCUT2D eigenvalue weighted by molar-refractivity contribution is 7.86. The maximum atomic E-state index is 11.7. The molecule has 0 saturated heterocycles. The maximum absolute atomic E-state index is 11.7. The molecule has 0 aliphatic heterocycles. The fourth-order valence-electron chi connectivity index (χ4n) is 1.27. The average Bonchev–Trinajstić information content (AvgIpc) is 2.27. The summed E-state index contributed by atoms with van der Waals surface area (Å²) in [6, 6.07) is 6.92. The van der Waals surface area contributed by atoms with Crippen LogP contribution in [-0.4, -0.2) is 21.1 Å². The highest BCUT2D eigenvalue weighted by Crippen LogP contribution is 2.12. The van der Waals surface area contributed by atoms with E-state index in [0.717, 1.165) is 6.42 Å². The van der Waals surface area contributed by atoms with Crippen molar-refractivity contribution in [2.75, 3.05) is 16.8 Å². The van der Waals surface area contributed by atoms with Crippen molar-refractivity contribution in [1.82, 2.24) is 0 Å². The summed E-state index contributed by atoms with van der Waals surface area (Å²) in [5, 5.41) is 2.72. The van der Waals surface area contributed by atoms with Gasteiger partial charge in [0.1, 0.15) is 5.75 Å². The van der Waals surface area contributed by atoms with Crippen molar-refractivity contribution in [3.05, 3.63) is 24.3 Å². The maximum Gasteiger partial charge on any atom is 0.237 e. The lowest BCUT2D eigenvalue weighted by molar-refractivity contribution is -0.113. The fourth-order valence-corrected chi connectivity index (χ4v) is 2.26. The van der Waals surface area contributed by atoms with Gasteiger partial charge in [-0.05, 0) is 24.6 Å². The number of amides is 1. The molecule has 0 radical (unpaired) electrons. The van der Waals surface area contributed by atoms with E-state index in [9.17, 15) is 9.00 Å². The summed E-state index contributed by atoms with van der Waals surface area (Å²) in [6.45, 7) is 3.84. The Kier molecular flexibility index (Phi) is 5.15. The minimum absolute atomic E-state index is 0.0316. The molecule has 0 saturated carbocycles. The summed E-state index contributed by atoms with van der Waals surface area (Å²) in [6.07, 6.45) is 0.804. The first-order valence-corrected chi connectivity index (χ1v) is 6.93. The Labute approximate surface area is 104 Å². The van der Waals surface area contributed by atoms with Crippen molar-refractivity contribution in [2.24, 2.45) is 0 Å². The number of carbonyl (C=O) groups is 1. The Morgan fingerprint density at radius 2 is 2.24 bits per heavy atom. The number of benzene rings is 1. The zero-order valence-electron chi connectivity index (χ0n) is 10.1. The third kappa shape index (κ3) is 4.56. The molecule has 4 nitrogen and oxygen atoms in total. The van der Waals surface area contributed by atoms with Gasteiger partial charge in [-0.25, -0.2) is 0 Å². The van der Waals surface area contributed by atoms with Crippen LogP contribution in [-0.2, 0) is 15.6 Å². The number of hydrogen-bond donors (Lipinski definition) is 2. The minimum Gasteiger partial charge on any atom is -0.399 e. The van der Waals surface area contributed by atoms with Gasteiger partial charge in [0.2, 0.25) is 5.91 Å².